The molecule has 0 bridgehead atoms. The van der Waals surface area contributed by atoms with Gasteiger partial charge in [0.15, 0.2) is 0 Å². The number of piperidine rings is 1. The van der Waals surface area contributed by atoms with Crippen molar-refractivity contribution in [3.8, 4) is 5.75 Å². The number of rotatable bonds is 4. The molecule has 1 N–H and O–H groups in total. The molecule has 1 aliphatic rings. The highest BCUT2D eigenvalue weighted by Gasteiger charge is 2.24. The molecule has 2 atom stereocenters. The zero-order chi connectivity index (χ0) is 14.7. The molecule has 0 amide bonds. The minimum atomic E-state index is 0.453. The van der Waals surface area contributed by atoms with E-state index in [0.29, 0.717) is 11.8 Å². The smallest absolute Gasteiger partial charge is 0.138 e. The fraction of sp³-hybridized carbons (Fsp3) is 0.500. The Labute approximate surface area is 125 Å². The summed E-state index contributed by atoms with van der Waals surface area (Å²) in [4.78, 5) is 4.49. The van der Waals surface area contributed by atoms with Crippen molar-refractivity contribution in [2.75, 3.05) is 20.2 Å². The molecule has 1 saturated heterocycles. The largest absolute Gasteiger partial charge is 0.497 e. The number of nitrogens with one attached hydrogen (secondary N) is 1. The maximum Gasteiger partial charge on any atom is 0.138 e. The van der Waals surface area contributed by atoms with Crippen LogP contribution in [0.1, 0.15) is 30.7 Å². The van der Waals surface area contributed by atoms with Gasteiger partial charge in [-0.25, -0.2) is 9.67 Å². The Bertz CT molecular complexity index is 578. The van der Waals surface area contributed by atoms with E-state index in [1.165, 1.54) is 12.0 Å². The molecule has 0 spiro atoms. The lowest BCUT2D eigenvalue weighted by Gasteiger charge is -2.27. The second-order valence-corrected chi connectivity index (χ2v) is 5.82. The molecule has 1 aromatic carbocycles. The topological polar surface area (TPSA) is 52.0 Å². The van der Waals surface area contributed by atoms with Crippen molar-refractivity contribution in [1.82, 2.24) is 20.1 Å². The highest BCUT2D eigenvalue weighted by atomic mass is 16.5. The van der Waals surface area contributed by atoms with E-state index in [-0.39, 0.29) is 0 Å². The van der Waals surface area contributed by atoms with E-state index in [0.717, 1.165) is 31.2 Å². The number of ether oxygens (including phenoxy) is 1. The van der Waals surface area contributed by atoms with Gasteiger partial charge in [-0.15, -0.1) is 0 Å². The zero-order valence-corrected chi connectivity index (χ0v) is 12.6. The van der Waals surface area contributed by atoms with Gasteiger partial charge >= 0.3 is 0 Å². The monoisotopic (exact) mass is 286 g/mol. The second-order valence-electron chi connectivity index (χ2n) is 5.82. The van der Waals surface area contributed by atoms with E-state index in [2.05, 4.69) is 34.5 Å². The van der Waals surface area contributed by atoms with Crippen molar-refractivity contribution in [3.05, 3.63) is 42.0 Å². The Morgan fingerprint density at radius 3 is 2.81 bits per heavy atom. The van der Waals surface area contributed by atoms with Crippen LogP contribution in [0.3, 0.4) is 0 Å². The summed E-state index contributed by atoms with van der Waals surface area (Å²) in [5.41, 5.74) is 1.21. The Morgan fingerprint density at radius 2 is 2.10 bits per heavy atom. The van der Waals surface area contributed by atoms with Crippen molar-refractivity contribution < 1.29 is 4.74 Å². The molecule has 0 saturated carbocycles. The molecule has 112 valence electrons. The molecule has 1 aromatic heterocycles. The molecule has 2 unspecified atom stereocenters. The van der Waals surface area contributed by atoms with Gasteiger partial charge in [-0.3, -0.25) is 0 Å². The minimum absolute atomic E-state index is 0.453. The molecule has 1 fully saturated rings. The molecule has 5 nitrogen and oxygen atoms in total. The van der Waals surface area contributed by atoms with Gasteiger partial charge in [-0.1, -0.05) is 19.1 Å². The second kappa shape index (κ2) is 6.26. The third-order valence-corrected chi connectivity index (χ3v) is 4.07. The van der Waals surface area contributed by atoms with Gasteiger partial charge in [0, 0.05) is 12.5 Å². The molecule has 2 heterocycles. The first-order valence-corrected chi connectivity index (χ1v) is 7.47. The first-order chi connectivity index (χ1) is 10.3. The van der Waals surface area contributed by atoms with E-state index < -0.39 is 0 Å². The summed E-state index contributed by atoms with van der Waals surface area (Å²) in [6.45, 7) is 5.13. The Balaban J connectivity index is 1.75. The Kier molecular flexibility index (Phi) is 4.20. The molecule has 21 heavy (non-hydrogen) atoms. The third-order valence-electron chi connectivity index (χ3n) is 4.07. The normalized spacial score (nSPS) is 22.2. The van der Waals surface area contributed by atoms with Crippen LogP contribution in [0.15, 0.2) is 30.6 Å². The quantitative estimate of drug-likeness (QED) is 0.934. The van der Waals surface area contributed by atoms with Crippen LogP contribution in [0.25, 0.3) is 0 Å². The summed E-state index contributed by atoms with van der Waals surface area (Å²) in [5.74, 6) is 3.11. The SMILES string of the molecule is COc1ccc(Cn2ncnc2C2CNCC(C)C2)cc1. The highest BCUT2D eigenvalue weighted by Crippen LogP contribution is 2.25. The lowest BCUT2D eigenvalue weighted by molar-refractivity contribution is 0.346. The van der Waals surface area contributed by atoms with E-state index in [1.807, 2.05) is 16.8 Å². The number of hydrogen-bond donors (Lipinski definition) is 1. The molecule has 0 aliphatic carbocycles. The number of aromatic nitrogens is 3. The predicted molar refractivity (Wildman–Crippen MR) is 81.5 cm³/mol. The van der Waals surface area contributed by atoms with E-state index >= 15 is 0 Å². The average Bonchev–Trinajstić information content (AvgIpc) is 2.96. The number of nitrogens with zero attached hydrogens (tertiary/aromatic N) is 3. The van der Waals surface area contributed by atoms with Crippen LogP contribution in [0.5, 0.6) is 5.75 Å². The molecule has 2 aromatic rings. The van der Waals surface area contributed by atoms with Crippen molar-refractivity contribution in [2.24, 2.45) is 5.92 Å². The van der Waals surface area contributed by atoms with Crippen molar-refractivity contribution in [1.29, 1.82) is 0 Å². The maximum absolute atomic E-state index is 5.19. The summed E-state index contributed by atoms with van der Waals surface area (Å²) in [6.07, 6.45) is 2.84. The first kappa shape index (κ1) is 14.1. The molecule has 1 aliphatic heterocycles. The Hall–Kier alpha value is -1.88. The van der Waals surface area contributed by atoms with E-state index in [4.69, 9.17) is 4.74 Å². The first-order valence-electron chi connectivity index (χ1n) is 7.47. The molecular formula is C16H22N4O. The van der Waals surface area contributed by atoms with Gasteiger partial charge in [0.05, 0.1) is 13.7 Å². The molecule has 3 rings (SSSR count). The van der Waals surface area contributed by atoms with Crippen LogP contribution in [0.4, 0.5) is 0 Å². The summed E-state index contributed by atoms with van der Waals surface area (Å²) in [7, 11) is 1.68. The van der Waals surface area contributed by atoms with Crippen molar-refractivity contribution >= 4 is 0 Å². The van der Waals surface area contributed by atoms with Gasteiger partial charge in [0.2, 0.25) is 0 Å². The van der Waals surface area contributed by atoms with Crippen LogP contribution in [-0.4, -0.2) is 35.0 Å². The summed E-state index contributed by atoms with van der Waals surface area (Å²) in [6, 6.07) is 8.12. The number of methoxy groups -OCH3 is 1. The summed E-state index contributed by atoms with van der Waals surface area (Å²) < 4.78 is 7.21. The van der Waals surface area contributed by atoms with Crippen molar-refractivity contribution in [3.63, 3.8) is 0 Å². The third kappa shape index (κ3) is 3.24. The van der Waals surface area contributed by atoms with Gasteiger partial charge in [0.25, 0.3) is 0 Å². The molecular weight excluding hydrogens is 264 g/mol. The Morgan fingerprint density at radius 1 is 1.29 bits per heavy atom. The predicted octanol–water partition coefficient (Wildman–Crippen LogP) is 2.05. The average molecular weight is 286 g/mol. The zero-order valence-electron chi connectivity index (χ0n) is 12.6. The minimum Gasteiger partial charge on any atom is -0.497 e. The fourth-order valence-corrected chi connectivity index (χ4v) is 2.97. The van der Waals surface area contributed by atoms with Crippen LogP contribution in [0.2, 0.25) is 0 Å². The summed E-state index contributed by atoms with van der Waals surface area (Å²) >= 11 is 0. The lowest BCUT2D eigenvalue weighted by atomic mass is 9.91. The molecule has 0 radical (unpaired) electrons. The van der Waals surface area contributed by atoms with Gasteiger partial charge in [-0.2, -0.15) is 5.10 Å². The maximum atomic E-state index is 5.19. The van der Waals surface area contributed by atoms with Crippen LogP contribution < -0.4 is 10.1 Å². The standard InChI is InChI=1S/C16H22N4O/c1-12-7-14(9-17-8-12)16-18-11-19-20(16)10-13-3-5-15(21-2)6-4-13/h3-6,11-12,14,17H,7-10H2,1-2H3. The van der Waals surface area contributed by atoms with Gasteiger partial charge < -0.3 is 10.1 Å². The number of benzene rings is 1. The van der Waals surface area contributed by atoms with Crippen LogP contribution >= 0.6 is 0 Å². The fourth-order valence-electron chi connectivity index (χ4n) is 2.97. The number of hydrogen-bond acceptors (Lipinski definition) is 4. The molecule has 5 heteroatoms. The van der Waals surface area contributed by atoms with Gasteiger partial charge in [-0.05, 0) is 36.6 Å². The van der Waals surface area contributed by atoms with E-state index in [9.17, 15) is 0 Å². The lowest BCUT2D eigenvalue weighted by Crippen LogP contribution is -2.35. The summed E-state index contributed by atoms with van der Waals surface area (Å²) in [5, 5.41) is 7.88. The van der Waals surface area contributed by atoms with Gasteiger partial charge in [0.1, 0.15) is 17.9 Å². The van der Waals surface area contributed by atoms with Crippen molar-refractivity contribution in [2.45, 2.75) is 25.8 Å². The van der Waals surface area contributed by atoms with Crippen LogP contribution in [0, 0.1) is 5.92 Å². The highest BCUT2D eigenvalue weighted by molar-refractivity contribution is 5.27. The van der Waals surface area contributed by atoms with Crippen LogP contribution in [-0.2, 0) is 6.54 Å². The van der Waals surface area contributed by atoms with E-state index in [1.54, 1.807) is 13.4 Å².